The zero-order valence-electron chi connectivity index (χ0n) is 14.0. The minimum atomic E-state index is -3.72. The van der Waals surface area contributed by atoms with E-state index in [1.54, 1.807) is 23.9 Å². The van der Waals surface area contributed by atoms with Crippen molar-refractivity contribution in [2.75, 3.05) is 37.6 Å². The summed E-state index contributed by atoms with van der Waals surface area (Å²) >= 11 is 8.39. The van der Waals surface area contributed by atoms with Crippen LogP contribution in [0.1, 0.15) is 0 Å². The van der Waals surface area contributed by atoms with Crippen LogP contribution in [0.3, 0.4) is 0 Å². The molecular weight excluding hydrogens is 404 g/mol. The van der Waals surface area contributed by atoms with Gasteiger partial charge in [-0.1, -0.05) is 22.9 Å². The molecule has 1 aromatic carbocycles. The van der Waals surface area contributed by atoms with Gasteiger partial charge < -0.3 is 5.32 Å². The predicted molar refractivity (Wildman–Crippen MR) is 104 cm³/mol. The number of urea groups is 1. The third kappa shape index (κ3) is 4.45. The summed E-state index contributed by atoms with van der Waals surface area (Å²) in [6, 6.07) is 6.91. The van der Waals surface area contributed by atoms with Crippen molar-refractivity contribution in [3.63, 3.8) is 0 Å². The highest BCUT2D eigenvalue weighted by Gasteiger charge is 2.27. The number of sulfonamides is 1. The molecule has 0 radical (unpaired) electrons. The van der Waals surface area contributed by atoms with Crippen molar-refractivity contribution in [1.82, 2.24) is 9.29 Å². The molecule has 0 aliphatic heterocycles. The van der Waals surface area contributed by atoms with Crippen LogP contribution < -0.4 is 10.2 Å². The van der Waals surface area contributed by atoms with Gasteiger partial charge in [0.25, 0.3) is 10.0 Å². The summed E-state index contributed by atoms with van der Waals surface area (Å²) in [7, 11) is 0.582. The lowest BCUT2D eigenvalue weighted by atomic mass is 10.3. The topological polar surface area (TPSA) is 82.6 Å². The minimum absolute atomic E-state index is 0.0989. The van der Waals surface area contributed by atoms with Gasteiger partial charge >= 0.3 is 6.03 Å². The summed E-state index contributed by atoms with van der Waals surface area (Å²) in [5.74, 6) is 0. The van der Waals surface area contributed by atoms with Gasteiger partial charge in [0.15, 0.2) is 14.5 Å². The Kier molecular flexibility index (Phi) is 6.33. The molecule has 136 valence electrons. The van der Waals surface area contributed by atoms with Gasteiger partial charge in [0.1, 0.15) is 0 Å². The van der Waals surface area contributed by atoms with Gasteiger partial charge in [0.2, 0.25) is 0 Å². The van der Waals surface area contributed by atoms with Gasteiger partial charge in [0.05, 0.1) is 0 Å². The number of anilines is 2. The van der Waals surface area contributed by atoms with Gasteiger partial charge in [-0.05, 0) is 30.5 Å². The molecule has 7 nitrogen and oxygen atoms in total. The van der Waals surface area contributed by atoms with E-state index in [1.807, 2.05) is 18.4 Å². The summed E-state index contributed by atoms with van der Waals surface area (Å²) in [4.78, 5) is 18.6. The van der Waals surface area contributed by atoms with E-state index in [-0.39, 0.29) is 14.5 Å². The molecule has 0 saturated heterocycles. The second-order valence-electron chi connectivity index (χ2n) is 5.08. The fraction of sp³-hybridized carbons (Fsp3) is 0.286. The normalized spacial score (nSPS) is 11.6. The van der Waals surface area contributed by atoms with E-state index in [0.29, 0.717) is 5.69 Å². The number of amides is 2. The molecule has 0 spiro atoms. The van der Waals surface area contributed by atoms with Crippen molar-refractivity contribution in [3.8, 4) is 0 Å². The van der Waals surface area contributed by atoms with Crippen molar-refractivity contribution < 1.29 is 13.2 Å². The van der Waals surface area contributed by atoms with Crippen LogP contribution in [0.15, 0.2) is 33.4 Å². The molecule has 1 aromatic heterocycles. The van der Waals surface area contributed by atoms with Crippen molar-refractivity contribution in [3.05, 3.63) is 29.4 Å². The summed E-state index contributed by atoms with van der Waals surface area (Å²) < 4.78 is 25.3. The van der Waals surface area contributed by atoms with Gasteiger partial charge in [-0.2, -0.15) is 0 Å². The molecule has 0 aliphatic carbocycles. The van der Waals surface area contributed by atoms with Crippen LogP contribution in [-0.2, 0) is 10.0 Å². The lowest BCUT2D eigenvalue weighted by Crippen LogP contribution is -2.31. The van der Waals surface area contributed by atoms with Crippen LogP contribution >= 0.6 is 34.7 Å². The first kappa shape index (κ1) is 20.0. The molecule has 1 heterocycles. The highest BCUT2D eigenvalue weighted by molar-refractivity contribution is 7.98. The summed E-state index contributed by atoms with van der Waals surface area (Å²) in [6.45, 7) is 0. The Morgan fingerprint density at radius 1 is 1.24 bits per heavy atom. The van der Waals surface area contributed by atoms with Crippen LogP contribution in [0.25, 0.3) is 0 Å². The van der Waals surface area contributed by atoms with Crippen LogP contribution in [0.2, 0.25) is 5.15 Å². The number of aromatic nitrogens is 1. The zero-order chi connectivity index (χ0) is 18.8. The number of hydrogen-bond donors (Lipinski definition) is 1. The van der Waals surface area contributed by atoms with E-state index >= 15 is 0 Å². The summed E-state index contributed by atoms with van der Waals surface area (Å²) in [6.07, 6.45) is 1.97. The number of thioether (sulfide) groups is 1. The van der Waals surface area contributed by atoms with Crippen molar-refractivity contribution in [1.29, 1.82) is 0 Å². The number of halogens is 1. The average molecular weight is 421 g/mol. The standard InChI is InChI=1S/C14H17ClN4O3S3/c1-18(2)25(21,22)12-11(15)17-14(24-12)19(3)13(20)16-9-5-7-10(23-4)8-6-9/h5-8H,1-4H3,(H,16,20). The first-order valence-electron chi connectivity index (χ1n) is 6.94. The van der Waals surface area contributed by atoms with Crippen molar-refractivity contribution >= 4 is 61.6 Å². The Balaban J connectivity index is 2.19. The second kappa shape index (κ2) is 7.92. The molecule has 0 saturated carbocycles. The highest BCUT2D eigenvalue weighted by atomic mass is 35.5. The fourth-order valence-corrected chi connectivity index (χ4v) is 5.00. The van der Waals surface area contributed by atoms with Crippen LogP contribution in [0.4, 0.5) is 15.6 Å². The van der Waals surface area contributed by atoms with E-state index in [4.69, 9.17) is 11.6 Å². The van der Waals surface area contributed by atoms with Crippen molar-refractivity contribution in [2.45, 2.75) is 9.10 Å². The monoisotopic (exact) mass is 420 g/mol. The maximum absolute atomic E-state index is 12.3. The van der Waals surface area contributed by atoms with Crippen LogP contribution in [-0.4, -0.2) is 51.1 Å². The Hall–Kier alpha value is -1.33. The fourth-order valence-electron chi connectivity index (χ4n) is 1.71. The van der Waals surface area contributed by atoms with Gasteiger partial charge in [0, 0.05) is 31.7 Å². The van der Waals surface area contributed by atoms with Gasteiger partial charge in [-0.15, -0.1) is 11.8 Å². The van der Waals surface area contributed by atoms with E-state index in [2.05, 4.69) is 10.3 Å². The highest BCUT2D eigenvalue weighted by Crippen LogP contribution is 2.34. The predicted octanol–water partition coefficient (Wildman–Crippen LogP) is 3.44. The smallest absolute Gasteiger partial charge is 0.307 e. The minimum Gasteiger partial charge on any atom is -0.307 e. The Morgan fingerprint density at radius 2 is 1.84 bits per heavy atom. The quantitative estimate of drug-likeness (QED) is 0.749. The lowest BCUT2D eigenvalue weighted by Gasteiger charge is -2.15. The summed E-state index contributed by atoms with van der Waals surface area (Å²) in [5.41, 5.74) is 0.624. The zero-order valence-corrected chi connectivity index (χ0v) is 17.2. The molecule has 0 fully saturated rings. The average Bonchev–Trinajstić information content (AvgIpc) is 2.97. The first-order valence-corrected chi connectivity index (χ1v) is 10.8. The largest absolute Gasteiger partial charge is 0.327 e. The number of nitrogens with one attached hydrogen (secondary N) is 1. The number of carbonyl (C=O) groups is 1. The second-order valence-corrected chi connectivity index (χ2v) is 9.64. The van der Waals surface area contributed by atoms with Gasteiger partial charge in [-0.3, -0.25) is 4.90 Å². The molecule has 0 bridgehead atoms. The van der Waals surface area contributed by atoms with E-state index in [1.165, 1.54) is 26.0 Å². The molecule has 11 heteroatoms. The SMILES string of the molecule is CSc1ccc(NC(=O)N(C)c2nc(Cl)c(S(=O)(=O)N(C)C)s2)cc1. The number of hydrogen-bond acceptors (Lipinski definition) is 6. The molecule has 2 rings (SSSR count). The molecule has 0 atom stereocenters. The van der Waals surface area contributed by atoms with Crippen molar-refractivity contribution in [2.24, 2.45) is 0 Å². The van der Waals surface area contributed by atoms with Crippen LogP contribution in [0.5, 0.6) is 0 Å². The maximum atomic E-state index is 12.3. The number of benzene rings is 1. The molecule has 2 aromatic rings. The number of rotatable bonds is 5. The molecule has 1 N–H and O–H groups in total. The number of nitrogens with zero attached hydrogens (tertiary/aromatic N) is 3. The molecule has 25 heavy (non-hydrogen) atoms. The third-order valence-corrected chi connectivity index (χ3v) is 7.87. The number of thiazole rings is 1. The Morgan fingerprint density at radius 3 is 2.36 bits per heavy atom. The van der Waals surface area contributed by atoms with Crippen LogP contribution in [0, 0.1) is 0 Å². The Labute approximate surface area is 160 Å². The molecule has 0 unspecified atom stereocenters. The lowest BCUT2D eigenvalue weighted by molar-refractivity contribution is 0.258. The van der Waals surface area contributed by atoms with E-state index in [0.717, 1.165) is 20.5 Å². The maximum Gasteiger partial charge on any atom is 0.327 e. The molecule has 0 aliphatic rings. The third-order valence-electron chi connectivity index (χ3n) is 3.19. The first-order chi connectivity index (χ1) is 11.7. The van der Waals surface area contributed by atoms with E-state index < -0.39 is 16.1 Å². The van der Waals surface area contributed by atoms with E-state index in [9.17, 15) is 13.2 Å². The molecule has 2 amide bonds. The summed E-state index contributed by atoms with van der Waals surface area (Å²) in [5, 5.41) is 2.75. The molecular formula is C14H17ClN4O3S3. The Bertz CT molecular complexity index is 866. The number of carbonyl (C=O) groups excluding carboxylic acids is 1. The van der Waals surface area contributed by atoms with Gasteiger partial charge in [-0.25, -0.2) is 22.5 Å².